The van der Waals surface area contributed by atoms with Gasteiger partial charge in [-0.05, 0) is 38.5 Å². The molecular weight excluding hydrogens is 258 g/mol. The van der Waals surface area contributed by atoms with Crippen LogP contribution < -0.4 is 0 Å². The molecule has 1 aliphatic heterocycles. The molecule has 1 unspecified atom stereocenters. The highest BCUT2D eigenvalue weighted by molar-refractivity contribution is 5.85. The van der Waals surface area contributed by atoms with Crippen molar-refractivity contribution in [2.45, 2.75) is 64.8 Å². The molecule has 116 valence electrons. The number of piperidine rings is 1. The summed E-state index contributed by atoms with van der Waals surface area (Å²) in [6.07, 6.45) is 4.52. The van der Waals surface area contributed by atoms with Gasteiger partial charge in [0.2, 0.25) is 5.91 Å². The number of carbonyl (C=O) groups is 2. The number of aliphatic carboxylic acids is 1. The zero-order chi connectivity index (χ0) is 15.2. The van der Waals surface area contributed by atoms with Gasteiger partial charge in [-0.1, -0.05) is 13.8 Å². The van der Waals surface area contributed by atoms with E-state index in [1.165, 1.54) is 0 Å². The van der Waals surface area contributed by atoms with Crippen molar-refractivity contribution >= 4 is 11.9 Å². The molecule has 1 fully saturated rings. The van der Waals surface area contributed by atoms with Crippen LogP contribution in [0.15, 0.2) is 0 Å². The molecule has 1 saturated heterocycles. The maximum Gasteiger partial charge on any atom is 0.310 e. The van der Waals surface area contributed by atoms with Crippen molar-refractivity contribution in [3.63, 3.8) is 0 Å². The second-order valence-corrected chi connectivity index (χ2v) is 5.72. The molecule has 20 heavy (non-hydrogen) atoms. The largest absolute Gasteiger partial charge is 0.481 e. The third-order valence-corrected chi connectivity index (χ3v) is 4.71. The van der Waals surface area contributed by atoms with Crippen molar-refractivity contribution in [2.75, 3.05) is 13.2 Å². The molecule has 0 spiro atoms. The fourth-order valence-electron chi connectivity index (χ4n) is 3.05. The molecule has 0 aromatic heterocycles. The van der Waals surface area contributed by atoms with Gasteiger partial charge in [0.1, 0.15) is 0 Å². The molecule has 0 bridgehead atoms. The number of carboxylic acids is 1. The molecule has 0 aromatic carbocycles. The predicted molar refractivity (Wildman–Crippen MR) is 76.3 cm³/mol. The van der Waals surface area contributed by atoms with E-state index < -0.39 is 11.4 Å². The van der Waals surface area contributed by atoms with Gasteiger partial charge in [0.15, 0.2) is 0 Å². The highest BCUT2D eigenvalue weighted by Crippen LogP contribution is 2.33. The van der Waals surface area contributed by atoms with E-state index in [0.29, 0.717) is 25.8 Å². The molecule has 0 radical (unpaired) electrons. The number of carbonyl (C=O) groups excluding carboxylic acids is 1. The van der Waals surface area contributed by atoms with Crippen LogP contribution in [0.1, 0.15) is 58.8 Å². The average Bonchev–Trinajstić information content (AvgIpc) is 2.45. The van der Waals surface area contributed by atoms with Crippen molar-refractivity contribution in [1.82, 2.24) is 4.90 Å². The number of hydrogen-bond acceptors (Lipinski definition) is 3. The lowest BCUT2D eigenvalue weighted by molar-refractivity contribution is -0.155. The molecule has 0 aliphatic carbocycles. The van der Waals surface area contributed by atoms with Gasteiger partial charge >= 0.3 is 5.97 Å². The molecule has 1 rings (SSSR count). The highest BCUT2D eigenvalue weighted by Gasteiger charge is 2.39. The van der Waals surface area contributed by atoms with Crippen LogP contribution in [0.3, 0.4) is 0 Å². The minimum atomic E-state index is -0.946. The van der Waals surface area contributed by atoms with E-state index in [4.69, 9.17) is 5.11 Å². The summed E-state index contributed by atoms with van der Waals surface area (Å²) in [6, 6.07) is 0.0708. The van der Waals surface area contributed by atoms with Gasteiger partial charge in [-0.15, -0.1) is 0 Å². The number of likely N-dealkylation sites (tertiary alicyclic amines) is 1. The molecule has 1 amide bonds. The smallest absolute Gasteiger partial charge is 0.310 e. The summed E-state index contributed by atoms with van der Waals surface area (Å²) in [5, 5.41) is 18.5. The molecular formula is C15H27NO4. The van der Waals surface area contributed by atoms with Crippen molar-refractivity contribution in [2.24, 2.45) is 5.41 Å². The number of hydrogen-bond donors (Lipinski definition) is 2. The first-order chi connectivity index (χ1) is 9.50. The normalized spacial score (nSPS) is 19.9. The Morgan fingerprint density at radius 1 is 1.25 bits per heavy atom. The maximum atomic E-state index is 12.5. The lowest BCUT2D eigenvalue weighted by Gasteiger charge is -2.38. The first kappa shape index (κ1) is 17.0. The minimum Gasteiger partial charge on any atom is -0.481 e. The van der Waals surface area contributed by atoms with Gasteiger partial charge in [-0.25, -0.2) is 0 Å². The molecule has 0 saturated carbocycles. The zero-order valence-corrected chi connectivity index (χ0v) is 12.6. The SMILES string of the molecule is CCC(CC)(CC(=O)N1CCCCC1CCO)C(=O)O. The van der Waals surface area contributed by atoms with Crippen LogP contribution >= 0.6 is 0 Å². The van der Waals surface area contributed by atoms with Gasteiger partial charge in [0.05, 0.1) is 5.41 Å². The topological polar surface area (TPSA) is 77.8 Å². The molecule has 1 atom stereocenters. The van der Waals surface area contributed by atoms with Gasteiger partial charge in [-0.3, -0.25) is 9.59 Å². The summed E-state index contributed by atoms with van der Waals surface area (Å²) in [5.41, 5.74) is -0.946. The van der Waals surface area contributed by atoms with Crippen LogP contribution in [0.5, 0.6) is 0 Å². The fourth-order valence-corrected chi connectivity index (χ4v) is 3.05. The first-order valence-electron chi connectivity index (χ1n) is 7.64. The molecule has 1 heterocycles. The molecule has 5 heteroatoms. The van der Waals surface area contributed by atoms with E-state index in [0.717, 1.165) is 19.3 Å². The van der Waals surface area contributed by atoms with E-state index in [2.05, 4.69) is 0 Å². The number of rotatable bonds is 7. The van der Waals surface area contributed by atoms with Crippen LogP contribution in [0.4, 0.5) is 0 Å². The van der Waals surface area contributed by atoms with Crippen LogP contribution in [0.2, 0.25) is 0 Å². The van der Waals surface area contributed by atoms with Gasteiger partial charge in [0.25, 0.3) is 0 Å². The summed E-state index contributed by atoms with van der Waals surface area (Å²) >= 11 is 0. The zero-order valence-electron chi connectivity index (χ0n) is 12.6. The van der Waals surface area contributed by atoms with Gasteiger partial charge < -0.3 is 15.1 Å². The summed E-state index contributed by atoms with van der Waals surface area (Å²) in [7, 11) is 0. The molecule has 2 N–H and O–H groups in total. The maximum absolute atomic E-state index is 12.5. The van der Waals surface area contributed by atoms with Crippen LogP contribution in [0, 0.1) is 5.41 Å². The van der Waals surface area contributed by atoms with E-state index in [1.54, 1.807) is 4.90 Å². The second kappa shape index (κ2) is 7.62. The fraction of sp³-hybridized carbons (Fsp3) is 0.867. The molecule has 0 aromatic rings. The second-order valence-electron chi connectivity index (χ2n) is 5.72. The Balaban J connectivity index is 2.78. The Hall–Kier alpha value is -1.10. The number of carboxylic acid groups (broad SMARTS) is 1. The quantitative estimate of drug-likeness (QED) is 0.750. The minimum absolute atomic E-state index is 0.0667. The van der Waals surface area contributed by atoms with E-state index in [-0.39, 0.29) is 25.0 Å². The third kappa shape index (κ3) is 3.72. The Labute approximate surface area is 121 Å². The van der Waals surface area contributed by atoms with Crippen molar-refractivity contribution in [3.05, 3.63) is 0 Å². The van der Waals surface area contributed by atoms with Gasteiger partial charge in [0, 0.05) is 25.6 Å². The number of amides is 1. The van der Waals surface area contributed by atoms with Crippen molar-refractivity contribution in [1.29, 1.82) is 0 Å². The van der Waals surface area contributed by atoms with Crippen molar-refractivity contribution in [3.8, 4) is 0 Å². The van der Waals surface area contributed by atoms with E-state index in [1.807, 2.05) is 13.8 Å². The Morgan fingerprint density at radius 3 is 2.40 bits per heavy atom. The number of aliphatic hydroxyl groups is 1. The molecule has 1 aliphatic rings. The average molecular weight is 285 g/mol. The molecule has 5 nitrogen and oxygen atoms in total. The van der Waals surface area contributed by atoms with E-state index in [9.17, 15) is 14.7 Å². The lowest BCUT2D eigenvalue weighted by atomic mass is 9.78. The Bertz CT molecular complexity index is 337. The standard InChI is InChI=1S/C15H27NO4/c1-3-15(4-2,14(19)20)11-13(18)16-9-6-5-7-12(16)8-10-17/h12,17H,3-11H2,1-2H3,(H,19,20). The van der Waals surface area contributed by atoms with Crippen LogP contribution in [-0.2, 0) is 9.59 Å². The number of nitrogens with zero attached hydrogens (tertiary/aromatic N) is 1. The third-order valence-electron chi connectivity index (χ3n) is 4.71. The summed E-state index contributed by atoms with van der Waals surface area (Å²) < 4.78 is 0. The first-order valence-corrected chi connectivity index (χ1v) is 7.64. The monoisotopic (exact) mass is 285 g/mol. The van der Waals surface area contributed by atoms with Gasteiger partial charge in [-0.2, -0.15) is 0 Å². The van der Waals surface area contributed by atoms with E-state index >= 15 is 0 Å². The Morgan fingerprint density at radius 2 is 1.90 bits per heavy atom. The summed E-state index contributed by atoms with van der Waals surface area (Å²) in [4.78, 5) is 25.8. The summed E-state index contributed by atoms with van der Waals surface area (Å²) in [6.45, 7) is 4.41. The van der Waals surface area contributed by atoms with Crippen molar-refractivity contribution < 1.29 is 19.8 Å². The highest BCUT2D eigenvalue weighted by atomic mass is 16.4. The van der Waals surface area contributed by atoms with Crippen LogP contribution in [0.25, 0.3) is 0 Å². The predicted octanol–water partition coefficient (Wildman–Crippen LogP) is 2.03. The summed E-state index contributed by atoms with van der Waals surface area (Å²) in [5.74, 6) is -0.958. The van der Waals surface area contributed by atoms with Crippen LogP contribution in [-0.4, -0.2) is 46.2 Å². The Kier molecular flexibility index (Phi) is 6.46. The lowest BCUT2D eigenvalue weighted by Crippen LogP contribution is -2.47. The number of aliphatic hydroxyl groups excluding tert-OH is 1.